The number of nitrogen functional groups attached to an aromatic ring is 1. The molecule has 5 nitrogen and oxygen atoms in total. The van der Waals surface area contributed by atoms with Gasteiger partial charge in [0.05, 0.1) is 0 Å². The molecule has 3 aromatic rings. The summed E-state index contributed by atoms with van der Waals surface area (Å²) in [5.41, 5.74) is 7.74. The second-order valence-corrected chi connectivity index (χ2v) is 7.24. The number of rotatable bonds is 2. The maximum atomic E-state index is 6.07. The van der Waals surface area contributed by atoms with E-state index in [1.807, 2.05) is 22.7 Å². The van der Waals surface area contributed by atoms with Crippen LogP contribution < -0.4 is 5.73 Å². The lowest BCUT2D eigenvalue weighted by Gasteiger charge is -2.04. The van der Waals surface area contributed by atoms with Crippen molar-refractivity contribution in [3.8, 4) is 10.6 Å². The summed E-state index contributed by atoms with van der Waals surface area (Å²) in [4.78, 5) is 0.839. The van der Waals surface area contributed by atoms with Gasteiger partial charge in [-0.05, 0) is 31.0 Å². The number of fused-ring (bicyclic) bond motifs is 1. The zero-order valence-corrected chi connectivity index (χ0v) is 13.7. The molecular formula is C14H14BrN5S. The first-order valence-corrected chi connectivity index (χ1v) is 8.61. The Bertz CT molecular complexity index is 803. The van der Waals surface area contributed by atoms with Crippen molar-refractivity contribution >= 4 is 37.9 Å². The molecular weight excluding hydrogens is 350 g/mol. The van der Waals surface area contributed by atoms with Crippen LogP contribution in [0.4, 0.5) is 5.69 Å². The van der Waals surface area contributed by atoms with Crippen LogP contribution in [-0.4, -0.2) is 19.8 Å². The highest BCUT2D eigenvalue weighted by atomic mass is 79.9. The van der Waals surface area contributed by atoms with E-state index in [0.29, 0.717) is 5.92 Å². The molecule has 4 rings (SSSR count). The molecule has 2 heterocycles. The third-order valence-electron chi connectivity index (χ3n) is 3.98. The molecule has 1 fully saturated rings. The molecule has 0 radical (unpaired) electrons. The predicted molar refractivity (Wildman–Crippen MR) is 87.4 cm³/mol. The van der Waals surface area contributed by atoms with Gasteiger partial charge >= 0.3 is 0 Å². The van der Waals surface area contributed by atoms with E-state index < -0.39 is 0 Å². The highest BCUT2D eigenvalue weighted by Gasteiger charge is 2.24. The monoisotopic (exact) mass is 363 g/mol. The zero-order chi connectivity index (χ0) is 14.4. The number of aromatic nitrogens is 4. The maximum Gasteiger partial charge on any atom is 0.234 e. The molecule has 0 amide bonds. The van der Waals surface area contributed by atoms with Crippen molar-refractivity contribution in [1.82, 2.24) is 19.8 Å². The van der Waals surface area contributed by atoms with Crippen LogP contribution in [0.1, 0.15) is 37.4 Å². The summed E-state index contributed by atoms with van der Waals surface area (Å²) >= 11 is 5.01. The van der Waals surface area contributed by atoms with E-state index in [9.17, 15) is 0 Å². The fourth-order valence-corrected chi connectivity index (χ4v) is 4.14. The van der Waals surface area contributed by atoms with Crippen LogP contribution in [0.3, 0.4) is 0 Å². The smallest absolute Gasteiger partial charge is 0.234 e. The van der Waals surface area contributed by atoms with Gasteiger partial charge in [-0.15, -0.1) is 10.2 Å². The molecule has 0 saturated heterocycles. The Kier molecular flexibility index (Phi) is 3.19. The largest absolute Gasteiger partial charge is 0.398 e. The molecule has 0 bridgehead atoms. The number of hydrogen-bond acceptors (Lipinski definition) is 5. The summed E-state index contributed by atoms with van der Waals surface area (Å²) < 4.78 is 2.89. The minimum Gasteiger partial charge on any atom is -0.398 e. The van der Waals surface area contributed by atoms with E-state index in [1.165, 1.54) is 37.0 Å². The molecule has 2 N–H and O–H groups in total. The van der Waals surface area contributed by atoms with Crippen molar-refractivity contribution in [2.24, 2.45) is 0 Å². The molecule has 7 heteroatoms. The van der Waals surface area contributed by atoms with Gasteiger partial charge in [-0.25, -0.2) is 0 Å². The van der Waals surface area contributed by atoms with Gasteiger partial charge in [0.25, 0.3) is 0 Å². The van der Waals surface area contributed by atoms with Crippen LogP contribution in [0.25, 0.3) is 15.5 Å². The van der Waals surface area contributed by atoms with Crippen molar-refractivity contribution in [2.75, 3.05) is 5.73 Å². The summed E-state index contributed by atoms with van der Waals surface area (Å²) in [5, 5.41) is 14.2. The van der Waals surface area contributed by atoms with Gasteiger partial charge in [-0.1, -0.05) is 40.1 Å². The first-order valence-electron chi connectivity index (χ1n) is 7.00. The number of nitrogens with two attached hydrogens (primary N) is 1. The minimum atomic E-state index is 0.495. The number of hydrogen-bond donors (Lipinski definition) is 1. The van der Waals surface area contributed by atoms with Crippen molar-refractivity contribution in [3.05, 3.63) is 28.5 Å². The molecule has 0 unspecified atom stereocenters. The molecule has 0 aliphatic heterocycles. The quantitative estimate of drug-likeness (QED) is 0.701. The molecule has 1 aliphatic rings. The number of halogens is 1. The Balaban J connectivity index is 1.82. The first kappa shape index (κ1) is 13.2. The molecule has 1 saturated carbocycles. The third kappa shape index (κ3) is 2.24. The summed E-state index contributed by atoms with van der Waals surface area (Å²) in [5.74, 6) is 1.49. The fourth-order valence-electron chi connectivity index (χ4n) is 2.89. The summed E-state index contributed by atoms with van der Waals surface area (Å²) in [7, 11) is 0. The number of benzene rings is 1. The Labute approximate surface area is 134 Å². The standard InChI is InChI=1S/C14H14BrN5S/c15-9-5-6-11(16)10(7-9)13-19-20-12(8-3-1-2-4-8)17-18-14(20)21-13/h5-8H,1-4,16H2. The minimum absolute atomic E-state index is 0.495. The molecule has 108 valence electrons. The van der Waals surface area contributed by atoms with E-state index in [4.69, 9.17) is 10.8 Å². The Morgan fingerprint density at radius 2 is 2.05 bits per heavy atom. The van der Waals surface area contributed by atoms with E-state index >= 15 is 0 Å². The van der Waals surface area contributed by atoms with Crippen LogP contribution in [0.2, 0.25) is 0 Å². The van der Waals surface area contributed by atoms with Crippen molar-refractivity contribution in [2.45, 2.75) is 31.6 Å². The van der Waals surface area contributed by atoms with Crippen molar-refractivity contribution in [1.29, 1.82) is 0 Å². The second kappa shape index (κ2) is 5.06. The second-order valence-electron chi connectivity index (χ2n) is 5.37. The fraction of sp³-hybridized carbons (Fsp3) is 0.357. The van der Waals surface area contributed by atoms with Crippen molar-refractivity contribution in [3.63, 3.8) is 0 Å². The van der Waals surface area contributed by atoms with Crippen LogP contribution >= 0.6 is 27.3 Å². The highest BCUT2D eigenvalue weighted by Crippen LogP contribution is 2.36. The van der Waals surface area contributed by atoms with Crippen molar-refractivity contribution < 1.29 is 0 Å². The average molecular weight is 364 g/mol. The van der Waals surface area contributed by atoms with E-state index in [-0.39, 0.29) is 0 Å². The number of anilines is 1. The maximum absolute atomic E-state index is 6.07. The lowest BCUT2D eigenvalue weighted by atomic mass is 10.1. The normalized spacial score (nSPS) is 16.0. The third-order valence-corrected chi connectivity index (χ3v) is 5.41. The van der Waals surface area contributed by atoms with E-state index in [2.05, 4.69) is 26.1 Å². The topological polar surface area (TPSA) is 69.1 Å². The molecule has 1 aliphatic carbocycles. The SMILES string of the molecule is Nc1ccc(Br)cc1-c1nn2c(C3CCCC3)nnc2s1. The van der Waals surface area contributed by atoms with Crippen LogP contribution in [0, 0.1) is 0 Å². The molecule has 2 aromatic heterocycles. The first-order chi connectivity index (χ1) is 10.2. The lowest BCUT2D eigenvalue weighted by molar-refractivity contribution is 0.641. The highest BCUT2D eigenvalue weighted by molar-refractivity contribution is 9.10. The van der Waals surface area contributed by atoms with Crippen LogP contribution in [0.5, 0.6) is 0 Å². The van der Waals surface area contributed by atoms with Gasteiger partial charge in [0.1, 0.15) is 5.01 Å². The Morgan fingerprint density at radius 1 is 1.24 bits per heavy atom. The van der Waals surface area contributed by atoms with Crippen LogP contribution in [-0.2, 0) is 0 Å². The molecule has 0 spiro atoms. The van der Waals surface area contributed by atoms with Gasteiger partial charge in [-0.3, -0.25) is 0 Å². The number of nitrogens with zero attached hydrogens (tertiary/aromatic N) is 4. The zero-order valence-electron chi connectivity index (χ0n) is 11.3. The lowest BCUT2D eigenvalue weighted by Crippen LogP contribution is -2.01. The summed E-state index contributed by atoms with van der Waals surface area (Å²) in [6.45, 7) is 0. The van der Waals surface area contributed by atoms with Gasteiger partial charge in [0, 0.05) is 21.6 Å². The molecule has 21 heavy (non-hydrogen) atoms. The van der Waals surface area contributed by atoms with Gasteiger partial charge in [0.15, 0.2) is 5.82 Å². The average Bonchev–Trinajstić information content (AvgIpc) is 3.15. The van der Waals surface area contributed by atoms with Gasteiger partial charge < -0.3 is 5.73 Å². The predicted octanol–water partition coefficient (Wildman–Crippen LogP) is 3.86. The van der Waals surface area contributed by atoms with Crippen LogP contribution in [0.15, 0.2) is 22.7 Å². The summed E-state index contributed by atoms with van der Waals surface area (Å²) in [6, 6.07) is 5.82. The van der Waals surface area contributed by atoms with E-state index in [0.717, 1.165) is 31.5 Å². The summed E-state index contributed by atoms with van der Waals surface area (Å²) in [6.07, 6.45) is 4.92. The van der Waals surface area contributed by atoms with Gasteiger partial charge in [-0.2, -0.15) is 9.61 Å². The molecule has 1 aromatic carbocycles. The Hall–Kier alpha value is -1.47. The molecule has 0 atom stereocenters. The van der Waals surface area contributed by atoms with Gasteiger partial charge in [0.2, 0.25) is 4.96 Å². The van der Waals surface area contributed by atoms with E-state index in [1.54, 1.807) is 0 Å². The Morgan fingerprint density at radius 3 is 2.86 bits per heavy atom.